The van der Waals surface area contributed by atoms with Gasteiger partial charge in [-0.2, -0.15) is 0 Å². The molecular weight excluding hydrogens is 336 g/mol. The van der Waals surface area contributed by atoms with Gasteiger partial charge in [0, 0.05) is 35.9 Å². The number of nitrogens with zero attached hydrogens (tertiary/aromatic N) is 2. The van der Waals surface area contributed by atoms with E-state index in [1.807, 2.05) is 24.4 Å². The van der Waals surface area contributed by atoms with E-state index in [9.17, 15) is 9.90 Å². The quantitative estimate of drug-likeness (QED) is 0.486. The van der Waals surface area contributed by atoms with Crippen LogP contribution in [0, 0.1) is 4.77 Å². The maximum absolute atomic E-state index is 12.1. The van der Waals surface area contributed by atoms with Crippen LogP contribution < -0.4 is 5.56 Å². The second-order valence-corrected chi connectivity index (χ2v) is 6.63. The van der Waals surface area contributed by atoms with Gasteiger partial charge in [-0.05, 0) is 43.1 Å². The highest BCUT2D eigenvalue weighted by atomic mass is 32.1. The third kappa shape index (κ3) is 3.02. The van der Waals surface area contributed by atoms with Gasteiger partial charge in [0.15, 0.2) is 4.77 Å². The fraction of sp³-hybridized carbons (Fsp3) is 0.278. The highest BCUT2D eigenvalue weighted by Gasteiger charge is 2.27. The van der Waals surface area contributed by atoms with Gasteiger partial charge in [-0.25, -0.2) is 0 Å². The first-order valence-corrected chi connectivity index (χ1v) is 8.68. The number of nitrogens with one attached hydrogen (secondary N) is 2. The van der Waals surface area contributed by atoms with E-state index in [0.29, 0.717) is 6.54 Å². The number of aromatic hydroxyl groups is 1. The Morgan fingerprint density at radius 2 is 2.16 bits per heavy atom. The molecule has 1 aliphatic carbocycles. The highest BCUT2D eigenvalue weighted by molar-refractivity contribution is 7.71. The summed E-state index contributed by atoms with van der Waals surface area (Å²) < 4.78 is 1.87. The van der Waals surface area contributed by atoms with E-state index in [0.717, 1.165) is 24.8 Å². The maximum atomic E-state index is 12.1. The molecule has 0 saturated heterocycles. The number of para-hydroxylation sites is 1. The topological polar surface area (TPSA) is 86.2 Å². The maximum Gasteiger partial charge on any atom is 0.264 e. The van der Waals surface area contributed by atoms with Crippen LogP contribution in [-0.2, 0) is 6.42 Å². The van der Waals surface area contributed by atoms with Crippen molar-refractivity contribution in [2.24, 2.45) is 4.99 Å². The van der Waals surface area contributed by atoms with Crippen molar-refractivity contribution in [3.63, 3.8) is 0 Å². The van der Waals surface area contributed by atoms with Gasteiger partial charge in [-0.1, -0.05) is 18.2 Å². The van der Waals surface area contributed by atoms with E-state index in [4.69, 9.17) is 12.2 Å². The van der Waals surface area contributed by atoms with Crippen molar-refractivity contribution < 1.29 is 5.11 Å². The molecule has 1 aromatic carbocycles. The molecule has 3 N–H and O–H groups in total. The first-order chi connectivity index (χ1) is 12.1. The highest BCUT2D eigenvalue weighted by Crippen LogP contribution is 2.37. The molecule has 0 aliphatic heterocycles. The first-order valence-electron chi connectivity index (χ1n) is 8.28. The minimum absolute atomic E-state index is 0.0907. The smallest absolute Gasteiger partial charge is 0.264 e. The molecule has 7 heteroatoms. The second-order valence-electron chi connectivity index (χ2n) is 6.24. The van der Waals surface area contributed by atoms with Crippen molar-refractivity contribution in [3.8, 4) is 5.88 Å². The molecule has 0 amide bonds. The number of hydrogen-bond donors (Lipinski definition) is 3. The predicted octanol–water partition coefficient (Wildman–Crippen LogP) is 3.09. The van der Waals surface area contributed by atoms with E-state index < -0.39 is 5.56 Å². The van der Waals surface area contributed by atoms with Gasteiger partial charge in [-0.3, -0.25) is 19.3 Å². The summed E-state index contributed by atoms with van der Waals surface area (Å²) >= 11 is 5.14. The molecule has 0 radical (unpaired) electrons. The molecule has 2 heterocycles. The molecule has 0 spiro atoms. The molecular formula is C18H18N4O2S. The van der Waals surface area contributed by atoms with E-state index in [-0.39, 0.29) is 22.3 Å². The Balaban J connectivity index is 1.53. The van der Waals surface area contributed by atoms with Gasteiger partial charge >= 0.3 is 0 Å². The summed E-state index contributed by atoms with van der Waals surface area (Å²) in [7, 11) is 0. The number of fused-ring (bicyclic) bond motifs is 1. The van der Waals surface area contributed by atoms with Crippen LogP contribution in [-0.4, -0.2) is 32.4 Å². The standard InChI is InChI=1S/C18H18N4O2S/c23-16-14(17(24)22(12-5-6-12)18(25)21-16)10-19-8-7-11-9-20-15-4-2-1-3-13(11)15/h1-4,9-10,12,20,24H,5-8H2,(H,21,23,25). The number of benzene rings is 1. The van der Waals surface area contributed by atoms with Crippen LogP contribution in [0.2, 0.25) is 0 Å². The summed E-state index contributed by atoms with van der Waals surface area (Å²) in [6, 6.07) is 8.29. The summed E-state index contributed by atoms with van der Waals surface area (Å²) in [6.45, 7) is 0.528. The fourth-order valence-corrected chi connectivity index (χ4v) is 3.35. The lowest BCUT2D eigenvalue weighted by atomic mass is 10.1. The van der Waals surface area contributed by atoms with E-state index in [1.54, 1.807) is 4.57 Å². The molecule has 1 fully saturated rings. The monoisotopic (exact) mass is 354 g/mol. The van der Waals surface area contributed by atoms with Crippen LogP contribution in [0.5, 0.6) is 5.88 Å². The van der Waals surface area contributed by atoms with Crippen molar-refractivity contribution in [1.82, 2.24) is 14.5 Å². The van der Waals surface area contributed by atoms with Crippen molar-refractivity contribution in [3.05, 3.63) is 56.7 Å². The molecule has 4 rings (SSSR count). The van der Waals surface area contributed by atoms with Crippen LogP contribution in [0.4, 0.5) is 0 Å². The SMILES string of the molecule is O=c1[nH]c(=S)n(C2CC2)c(O)c1C=NCCc1c[nH]c2ccccc12. The molecule has 0 unspecified atom stereocenters. The van der Waals surface area contributed by atoms with Gasteiger partial charge in [-0.15, -0.1) is 0 Å². The van der Waals surface area contributed by atoms with Gasteiger partial charge < -0.3 is 10.1 Å². The molecule has 25 heavy (non-hydrogen) atoms. The van der Waals surface area contributed by atoms with Crippen molar-refractivity contribution >= 4 is 29.3 Å². The zero-order chi connectivity index (χ0) is 17.4. The Labute approximate surface area is 148 Å². The number of aromatic amines is 2. The molecule has 1 saturated carbocycles. The number of aromatic nitrogens is 3. The Hall–Kier alpha value is -2.67. The molecule has 128 valence electrons. The molecule has 0 atom stereocenters. The van der Waals surface area contributed by atoms with Crippen LogP contribution in [0.25, 0.3) is 10.9 Å². The lowest BCUT2D eigenvalue weighted by Gasteiger charge is -2.09. The number of rotatable bonds is 5. The second kappa shape index (κ2) is 6.33. The average Bonchev–Trinajstić information content (AvgIpc) is 3.33. The van der Waals surface area contributed by atoms with Gasteiger partial charge in [0.1, 0.15) is 5.56 Å². The third-order valence-corrected chi connectivity index (χ3v) is 4.77. The van der Waals surface area contributed by atoms with Crippen molar-refractivity contribution in [2.45, 2.75) is 25.3 Å². The summed E-state index contributed by atoms with van der Waals surface area (Å²) in [4.78, 5) is 22.2. The first kappa shape index (κ1) is 15.8. The lowest BCUT2D eigenvalue weighted by Crippen LogP contribution is -2.18. The molecule has 3 aromatic rings. The molecule has 6 nitrogen and oxygen atoms in total. The van der Waals surface area contributed by atoms with Gasteiger partial charge in [0.05, 0.1) is 0 Å². The number of H-pyrrole nitrogens is 2. The van der Waals surface area contributed by atoms with Crippen LogP contribution in [0.3, 0.4) is 0 Å². The average molecular weight is 354 g/mol. The lowest BCUT2D eigenvalue weighted by molar-refractivity contribution is 0.405. The minimum atomic E-state index is -0.407. The Morgan fingerprint density at radius 3 is 2.96 bits per heavy atom. The Kier molecular flexibility index (Phi) is 4.01. The summed E-state index contributed by atoms with van der Waals surface area (Å²) in [6.07, 6.45) is 6.10. The zero-order valence-electron chi connectivity index (χ0n) is 13.5. The summed E-state index contributed by atoms with van der Waals surface area (Å²) in [5.41, 5.74) is 2.04. The van der Waals surface area contributed by atoms with Crippen LogP contribution in [0.1, 0.15) is 30.0 Å². The zero-order valence-corrected chi connectivity index (χ0v) is 14.3. The van der Waals surface area contributed by atoms with Gasteiger partial charge in [0.2, 0.25) is 5.88 Å². The largest absolute Gasteiger partial charge is 0.494 e. The molecule has 0 bridgehead atoms. The summed E-state index contributed by atoms with van der Waals surface area (Å²) in [5.74, 6) is -0.0907. The van der Waals surface area contributed by atoms with Gasteiger partial charge in [0.25, 0.3) is 5.56 Å². The molecule has 1 aliphatic rings. The van der Waals surface area contributed by atoms with E-state index in [1.165, 1.54) is 17.2 Å². The number of aliphatic imine (C=N–C) groups is 1. The van der Waals surface area contributed by atoms with Crippen LogP contribution >= 0.6 is 12.2 Å². The van der Waals surface area contributed by atoms with Crippen molar-refractivity contribution in [1.29, 1.82) is 0 Å². The fourth-order valence-electron chi connectivity index (χ4n) is 3.02. The van der Waals surface area contributed by atoms with E-state index in [2.05, 4.69) is 21.0 Å². The number of hydrogen-bond acceptors (Lipinski definition) is 4. The minimum Gasteiger partial charge on any atom is -0.494 e. The Morgan fingerprint density at radius 1 is 1.36 bits per heavy atom. The van der Waals surface area contributed by atoms with E-state index >= 15 is 0 Å². The Bertz CT molecular complexity index is 1070. The predicted molar refractivity (Wildman–Crippen MR) is 100 cm³/mol. The summed E-state index contributed by atoms with van der Waals surface area (Å²) in [5, 5.41) is 11.5. The van der Waals surface area contributed by atoms with Crippen molar-refractivity contribution in [2.75, 3.05) is 6.54 Å². The third-order valence-electron chi connectivity index (χ3n) is 4.47. The normalized spacial score (nSPS) is 14.6. The van der Waals surface area contributed by atoms with Crippen LogP contribution in [0.15, 0.2) is 40.2 Å². The molecule has 2 aromatic heterocycles.